The standard InChI is InChI=1S/C30H32N6O3/c1-20-10-11-26(28(37)33-20)36-29(38)24-8-5-9-25(27(24)30(36)39)31-16-22-17-32-35(19-22)23-12-14-34(15-13-23)18-21-6-3-2-4-7-21/h2-9,17,19,23,26,31H,1,10-16,18H2,(H,33,37). The number of aromatic nitrogens is 2. The molecule has 3 aromatic rings. The molecule has 2 aromatic carbocycles. The highest BCUT2D eigenvalue weighted by molar-refractivity contribution is 6.25. The average molecular weight is 525 g/mol. The molecule has 0 radical (unpaired) electrons. The molecule has 3 amide bonds. The molecule has 39 heavy (non-hydrogen) atoms. The Morgan fingerprint density at radius 2 is 1.74 bits per heavy atom. The molecule has 200 valence electrons. The van der Waals surface area contributed by atoms with Gasteiger partial charge in [0, 0.05) is 49.3 Å². The molecule has 2 N–H and O–H groups in total. The van der Waals surface area contributed by atoms with Gasteiger partial charge in [0.25, 0.3) is 11.8 Å². The molecule has 3 aliphatic heterocycles. The van der Waals surface area contributed by atoms with Crippen molar-refractivity contribution in [2.75, 3.05) is 18.4 Å². The Kier molecular flexibility index (Phi) is 6.74. The second kappa shape index (κ2) is 10.5. The van der Waals surface area contributed by atoms with Gasteiger partial charge in [0.1, 0.15) is 6.04 Å². The molecule has 4 heterocycles. The fourth-order valence-corrected chi connectivity index (χ4v) is 5.79. The first-order valence-corrected chi connectivity index (χ1v) is 13.5. The zero-order valence-electron chi connectivity index (χ0n) is 21.8. The fraction of sp³-hybridized carbons (Fsp3) is 0.333. The van der Waals surface area contributed by atoms with Crippen molar-refractivity contribution < 1.29 is 14.4 Å². The van der Waals surface area contributed by atoms with Gasteiger partial charge in [0.05, 0.1) is 23.4 Å². The monoisotopic (exact) mass is 524 g/mol. The second-order valence-electron chi connectivity index (χ2n) is 10.5. The van der Waals surface area contributed by atoms with Crippen LogP contribution in [0.5, 0.6) is 0 Å². The summed E-state index contributed by atoms with van der Waals surface area (Å²) in [5, 5.41) is 10.6. The highest BCUT2D eigenvalue weighted by Gasteiger charge is 2.45. The number of anilines is 1. The molecule has 0 saturated carbocycles. The summed E-state index contributed by atoms with van der Waals surface area (Å²) in [6, 6.07) is 15.3. The molecular weight excluding hydrogens is 492 g/mol. The number of nitrogens with zero attached hydrogens (tertiary/aromatic N) is 4. The van der Waals surface area contributed by atoms with Crippen LogP contribution in [0, 0.1) is 0 Å². The summed E-state index contributed by atoms with van der Waals surface area (Å²) in [6.07, 6.45) is 6.91. The number of allylic oxidation sites excluding steroid dienone is 1. The Morgan fingerprint density at radius 3 is 2.51 bits per heavy atom. The van der Waals surface area contributed by atoms with Crippen molar-refractivity contribution in [2.45, 2.75) is 50.9 Å². The third-order valence-electron chi connectivity index (χ3n) is 7.90. The molecule has 0 aliphatic carbocycles. The summed E-state index contributed by atoms with van der Waals surface area (Å²) in [5.41, 5.74) is 4.16. The minimum absolute atomic E-state index is 0.317. The van der Waals surface area contributed by atoms with Crippen LogP contribution in [0.15, 0.2) is 73.2 Å². The lowest BCUT2D eigenvalue weighted by atomic mass is 10.0. The number of likely N-dealkylation sites (tertiary alicyclic amines) is 1. The SMILES string of the molecule is C=C1CCC(N2C(=O)c3cccc(NCc4cnn(C5CCN(Cc6ccccc6)CC5)c4)c3C2=O)C(=O)N1. The van der Waals surface area contributed by atoms with Crippen LogP contribution >= 0.6 is 0 Å². The first kappa shape index (κ1) is 25.1. The number of nitrogens with one attached hydrogen (secondary N) is 2. The molecule has 9 heteroatoms. The predicted octanol–water partition coefficient (Wildman–Crippen LogP) is 3.72. The van der Waals surface area contributed by atoms with Gasteiger partial charge in [-0.05, 0) is 43.4 Å². The van der Waals surface area contributed by atoms with Gasteiger partial charge in [0.15, 0.2) is 0 Å². The van der Waals surface area contributed by atoms with Crippen LogP contribution in [-0.2, 0) is 17.9 Å². The van der Waals surface area contributed by atoms with Crippen LogP contribution in [0.25, 0.3) is 0 Å². The van der Waals surface area contributed by atoms with E-state index in [4.69, 9.17) is 0 Å². The average Bonchev–Trinajstić information content (AvgIpc) is 3.52. The van der Waals surface area contributed by atoms with E-state index in [1.165, 1.54) is 5.56 Å². The van der Waals surface area contributed by atoms with Crippen LogP contribution in [0.1, 0.15) is 63.6 Å². The number of carbonyl (C=O) groups excluding carboxylic acids is 3. The van der Waals surface area contributed by atoms with Crippen molar-refractivity contribution in [3.63, 3.8) is 0 Å². The molecule has 6 rings (SSSR count). The third kappa shape index (κ3) is 4.97. The van der Waals surface area contributed by atoms with Crippen molar-refractivity contribution >= 4 is 23.4 Å². The normalized spacial score (nSPS) is 20.3. The van der Waals surface area contributed by atoms with Gasteiger partial charge in [-0.3, -0.25) is 28.9 Å². The lowest BCUT2D eigenvalue weighted by Gasteiger charge is -2.32. The third-order valence-corrected chi connectivity index (χ3v) is 7.90. The topological polar surface area (TPSA) is 99.6 Å². The summed E-state index contributed by atoms with van der Waals surface area (Å²) in [7, 11) is 0. The maximum absolute atomic E-state index is 13.4. The molecule has 1 aromatic heterocycles. The van der Waals surface area contributed by atoms with E-state index in [2.05, 4.69) is 62.4 Å². The zero-order valence-corrected chi connectivity index (χ0v) is 21.8. The van der Waals surface area contributed by atoms with Gasteiger partial charge in [-0.25, -0.2) is 0 Å². The van der Waals surface area contributed by atoms with Gasteiger partial charge >= 0.3 is 0 Å². The molecule has 9 nitrogen and oxygen atoms in total. The van der Waals surface area contributed by atoms with Gasteiger partial charge in [0.2, 0.25) is 5.91 Å². The number of amides is 3. The van der Waals surface area contributed by atoms with E-state index in [1.54, 1.807) is 18.2 Å². The Bertz CT molecular complexity index is 1420. The van der Waals surface area contributed by atoms with E-state index in [1.807, 2.05) is 12.3 Å². The van der Waals surface area contributed by atoms with E-state index in [-0.39, 0.29) is 5.91 Å². The van der Waals surface area contributed by atoms with E-state index in [0.717, 1.165) is 42.9 Å². The second-order valence-corrected chi connectivity index (χ2v) is 10.5. The molecule has 3 aliphatic rings. The van der Waals surface area contributed by atoms with E-state index < -0.39 is 17.9 Å². The molecular formula is C30H32N6O3. The Balaban J connectivity index is 1.08. The van der Waals surface area contributed by atoms with Crippen LogP contribution in [0.3, 0.4) is 0 Å². The van der Waals surface area contributed by atoms with Crippen LogP contribution in [-0.4, -0.2) is 56.4 Å². The maximum atomic E-state index is 13.4. The lowest BCUT2D eigenvalue weighted by Crippen LogP contribution is -2.51. The van der Waals surface area contributed by atoms with Gasteiger partial charge < -0.3 is 10.6 Å². The zero-order chi connectivity index (χ0) is 26.9. The van der Waals surface area contributed by atoms with Crippen molar-refractivity contribution in [3.05, 3.63) is 95.5 Å². The van der Waals surface area contributed by atoms with E-state index >= 15 is 0 Å². The number of benzene rings is 2. The van der Waals surface area contributed by atoms with Crippen LogP contribution in [0.4, 0.5) is 5.69 Å². The highest BCUT2D eigenvalue weighted by Crippen LogP contribution is 2.33. The van der Waals surface area contributed by atoms with Crippen molar-refractivity contribution in [1.82, 2.24) is 24.9 Å². The van der Waals surface area contributed by atoms with Crippen LogP contribution in [0.2, 0.25) is 0 Å². The Morgan fingerprint density at radius 1 is 0.949 bits per heavy atom. The number of fused-ring (bicyclic) bond motifs is 1. The molecule has 0 spiro atoms. The predicted molar refractivity (Wildman–Crippen MR) is 147 cm³/mol. The lowest BCUT2D eigenvalue weighted by molar-refractivity contribution is -0.125. The van der Waals surface area contributed by atoms with Crippen molar-refractivity contribution in [1.29, 1.82) is 0 Å². The smallest absolute Gasteiger partial charge is 0.264 e. The van der Waals surface area contributed by atoms with Gasteiger partial charge in [-0.1, -0.05) is 43.0 Å². The number of piperidine rings is 2. The van der Waals surface area contributed by atoms with Crippen molar-refractivity contribution in [3.8, 4) is 0 Å². The summed E-state index contributed by atoms with van der Waals surface area (Å²) in [6.45, 7) is 7.28. The van der Waals surface area contributed by atoms with E-state index in [0.29, 0.717) is 47.9 Å². The first-order chi connectivity index (χ1) is 19.0. The molecule has 1 unspecified atom stereocenters. The fourth-order valence-electron chi connectivity index (χ4n) is 5.79. The Hall–Kier alpha value is -4.24. The molecule has 1 atom stereocenters. The number of carbonyl (C=O) groups is 3. The van der Waals surface area contributed by atoms with E-state index in [9.17, 15) is 14.4 Å². The molecule has 0 bridgehead atoms. The minimum Gasteiger partial charge on any atom is -0.380 e. The molecule has 2 fully saturated rings. The molecule has 2 saturated heterocycles. The Labute approximate surface area is 227 Å². The summed E-state index contributed by atoms with van der Waals surface area (Å²) >= 11 is 0. The van der Waals surface area contributed by atoms with Gasteiger partial charge in [-0.15, -0.1) is 0 Å². The summed E-state index contributed by atoms with van der Waals surface area (Å²) in [5.74, 6) is -1.24. The highest BCUT2D eigenvalue weighted by atomic mass is 16.2. The largest absolute Gasteiger partial charge is 0.380 e. The summed E-state index contributed by atoms with van der Waals surface area (Å²) in [4.78, 5) is 42.6. The number of hydrogen-bond acceptors (Lipinski definition) is 6. The maximum Gasteiger partial charge on any atom is 0.264 e. The number of hydrogen-bond donors (Lipinski definition) is 2. The van der Waals surface area contributed by atoms with Crippen LogP contribution < -0.4 is 10.6 Å². The quantitative estimate of drug-likeness (QED) is 0.457. The van der Waals surface area contributed by atoms with Crippen molar-refractivity contribution in [2.24, 2.45) is 0 Å². The number of rotatable bonds is 7. The minimum atomic E-state index is -0.826. The first-order valence-electron chi connectivity index (χ1n) is 13.5. The number of imide groups is 1. The summed E-state index contributed by atoms with van der Waals surface area (Å²) < 4.78 is 2.05. The van der Waals surface area contributed by atoms with Gasteiger partial charge in [-0.2, -0.15) is 5.10 Å².